The van der Waals surface area contributed by atoms with Gasteiger partial charge >= 0.3 is 0 Å². The van der Waals surface area contributed by atoms with Crippen LogP contribution < -0.4 is 4.90 Å². The van der Waals surface area contributed by atoms with Gasteiger partial charge < -0.3 is 19.4 Å². The predicted molar refractivity (Wildman–Crippen MR) is 200 cm³/mol. The molecule has 3 aliphatic heterocycles. The highest BCUT2D eigenvalue weighted by Crippen LogP contribution is 2.39. The van der Waals surface area contributed by atoms with Gasteiger partial charge in [-0.1, -0.05) is 29.8 Å². The van der Waals surface area contributed by atoms with Crippen LogP contribution in [0.1, 0.15) is 39.9 Å². The fourth-order valence-corrected chi connectivity index (χ4v) is 9.32. The average molecular weight is 705 g/mol. The van der Waals surface area contributed by atoms with Crippen LogP contribution in [0.4, 0.5) is 5.69 Å². The minimum atomic E-state index is -3.99. The maximum atomic E-state index is 14.1. The van der Waals surface area contributed by atoms with Gasteiger partial charge in [-0.25, -0.2) is 22.4 Å². The maximum Gasteiger partial charge on any atom is 0.269 e. The Labute approximate surface area is 299 Å². The third kappa shape index (κ3) is 6.21. The third-order valence-corrected chi connectivity index (χ3v) is 12.4. The zero-order chi connectivity index (χ0) is 35.4. The summed E-state index contributed by atoms with van der Waals surface area (Å²) in [5.74, 6) is 0.279. The Kier molecular flexibility index (Phi) is 8.68. The van der Waals surface area contributed by atoms with Crippen molar-refractivity contribution >= 4 is 32.8 Å². The van der Waals surface area contributed by atoms with Gasteiger partial charge in [0.05, 0.1) is 23.4 Å². The van der Waals surface area contributed by atoms with E-state index in [1.165, 1.54) is 20.8 Å². The molecule has 3 aromatic carbocycles. The molecule has 0 radical (unpaired) electrons. The molecule has 2 atom stereocenters. The number of benzene rings is 3. The molecule has 0 spiro atoms. The van der Waals surface area contributed by atoms with Crippen LogP contribution in [0.2, 0.25) is 0 Å². The van der Waals surface area contributed by atoms with E-state index in [2.05, 4.69) is 35.9 Å². The topological polar surface area (TPSA) is 101 Å². The van der Waals surface area contributed by atoms with Crippen molar-refractivity contribution in [2.45, 2.75) is 44.0 Å². The number of aryl methyl sites for hydroxylation is 3. The molecule has 2 unspecified atom stereocenters. The molecule has 5 heterocycles. The minimum Gasteiger partial charge on any atom is -0.381 e. The van der Waals surface area contributed by atoms with Gasteiger partial charge in [-0.2, -0.15) is 0 Å². The normalized spacial score (nSPS) is 19.3. The lowest BCUT2D eigenvalue weighted by Gasteiger charge is -2.46. The van der Waals surface area contributed by atoms with Crippen molar-refractivity contribution < 1.29 is 17.9 Å². The van der Waals surface area contributed by atoms with E-state index >= 15 is 0 Å². The highest BCUT2D eigenvalue weighted by molar-refractivity contribution is 7.90. The molecule has 0 bridgehead atoms. The number of amides is 1. The molecule has 0 saturated carbocycles. The van der Waals surface area contributed by atoms with Gasteiger partial charge in [-0.15, -0.1) is 0 Å². The summed E-state index contributed by atoms with van der Waals surface area (Å²) in [7, 11) is 0.0295. The van der Waals surface area contributed by atoms with Crippen LogP contribution in [0.15, 0.2) is 78.0 Å². The minimum absolute atomic E-state index is 0.0643. The second kappa shape index (κ2) is 13.2. The number of rotatable bonds is 7. The van der Waals surface area contributed by atoms with Crippen molar-refractivity contribution in [2.24, 2.45) is 5.92 Å². The summed E-state index contributed by atoms with van der Waals surface area (Å²) in [4.78, 5) is 30.1. The molecule has 3 aliphatic rings. The molecule has 11 heteroatoms. The number of carbonyl (C=O) groups excluding carboxylic acids is 1. The zero-order valence-electron chi connectivity index (χ0n) is 29.7. The largest absolute Gasteiger partial charge is 0.381 e. The average Bonchev–Trinajstić information content (AvgIpc) is 3.79. The fourth-order valence-electron chi connectivity index (χ4n) is 8.01. The molecule has 1 amide bonds. The number of fused-ring (bicyclic) bond motifs is 4. The van der Waals surface area contributed by atoms with E-state index in [9.17, 15) is 13.2 Å². The number of hydrogen-bond acceptors (Lipinski definition) is 8. The van der Waals surface area contributed by atoms with Crippen molar-refractivity contribution in [3.63, 3.8) is 0 Å². The Morgan fingerprint density at radius 3 is 2.53 bits per heavy atom. The fraction of sp³-hybridized carbons (Fsp3) is 0.375. The predicted octanol–water partition coefficient (Wildman–Crippen LogP) is 5.79. The van der Waals surface area contributed by atoms with Gasteiger partial charge in [-0.05, 0) is 93.2 Å². The number of likely N-dealkylation sites (N-methyl/N-ethyl adjacent to an activating group) is 1. The third-order valence-electron chi connectivity index (χ3n) is 10.8. The van der Waals surface area contributed by atoms with Crippen LogP contribution in [-0.2, 0) is 21.2 Å². The summed E-state index contributed by atoms with van der Waals surface area (Å²) in [5, 5.41) is 0. The van der Waals surface area contributed by atoms with Gasteiger partial charge in [-0.3, -0.25) is 4.79 Å². The molecule has 8 rings (SSSR count). The molecule has 2 fully saturated rings. The SMILES string of the molecule is Cc1ccc(S(=O)(=O)n2cc(-c3ccc(C(=O)N(C)CC4CCOC4)cc3)c3nc(-c4cc(C)c5c(c4)CCC4CN(C)CCN54)cnc32)cc1. The van der Waals surface area contributed by atoms with E-state index in [0.717, 1.165) is 62.2 Å². The molecule has 51 heavy (non-hydrogen) atoms. The molecule has 2 aromatic heterocycles. The number of nitrogens with zero attached hydrogens (tertiary/aromatic N) is 6. The summed E-state index contributed by atoms with van der Waals surface area (Å²) in [6, 6.07) is 19.1. The standard InChI is InChI=1S/C40H44N6O4S/c1-26-5-13-34(14-6-26)51(48,49)46-24-35(29-7-9-30(10-8-29)40(47)44(4)22-28-15-18-50-25-28)37-39(46)41-21-36(42-37)32-19-27(2)38-31(20-32)11-12-33-23-43(3)16-17-45(33)38/h5-10,13-14,19-21,24,28,33H,11-12,15-18,22-23,25H2,1-4H3. The molecule has 10 nitrogen and oxygen atoms in total. The Hall–Kier alpha value is -4.58. The molecule has 264 valence electrons. The number of aromatic nitrogens is 3. The van der Waals surface area contributed by atoms with E-state index in [1.54, 1.807) is 53.7 Å². The summed E-state index contributed by atoms with van der Waals surface area (Å²) >= 11 is 0. The van der Waals surface area contributed by atoms with Gasteiger partial charge in [0, 0.05) is 80.4 Å². The van der Waals surface area contributed by atoms with Crippen LogP contribution >= 0.6 is 0 Å². The molecule has 0 aliphatic carbocycles. The molecule has 5 aromatic rings. The number of hydrogen-bond donors (Lipinski definition) is 0. The van der Waals surface area contributed by atoms with E-state index in [4.69, 9.17) is 14.7 Å². The Bertz CT molecular complexity index is 2230. The first-order valence-corrected chi connectivity index (χ1v) is 19.2. The Balaban J connectivity index is 1.19. The number of anilines is 1. The summed E-state index contributed by atoms with van der Waals surface area (Å²) in [6.45, 7) is 9.30. The highest BCUT2D eigenvalue weighted by atomic mass is 32.2. The van der Waals surface area contributed by atoms with Gasteiger partial charge in [0.15, 0.2) is 5.65 Å². The van der Waals surface area contributed by atoms with Crippen LogP contribution in [0, 0.1) is 19.8 Å². The van der Waals surface area contributed by atoms with Crippen LogP contribution in [0.25, 0.3) is 33.5 Å². The molecular formula is C40H44N6O4S. The highest BCUT2D eigenvalue weighted by Gasteiger charge is 2.32. The number of piperazine rings is 1. The van der Waals surface area contributed by atoms with Gasteiger partial charge in [0.25, 0.3) is 15.9 Å². The van der Waals surface area contributed by atoms with E-state index < -0.39 is 10.0 Å². The molecule has 2 saturated heterocycles. The molecular weight excluding hydrogens is 661 g/mol. The van der Waals surface area contributed by atoms with E-state index in [0.29, 0.717) is 47.4 Å². The Morgan fingerprint density at radius 2 is 1.78 bits per heavy atom. The maximum absolute atomic E-state index is 14.1. The lowest BCUT2D eigenvalue weighted by Crippen LogP contribution is -2.54. The Morgan fingerprint density at radius 1 is 1.00 bits per heavy atom. The number of carbonyl (C=O) groups is 1. The van der Waals surface area contributed by atoms with Crippen molar-refractivity contribution in [2.75, 3.05) is 58.4 Å². The van der Waals surface area contributed by atoms with Crippen LogP contribution in [0.3, 0.4) is 0 Å². The van der Waals surface area contributed by atoms with E-state index in [-0.39, 0.29) is 16.4 Å². The molecule has 0 N–H and O–H groups in total. The second-order valence-corrected chi connectivity index (χ2v) is 16.3. The monoisotopic (exact) mass is 704 g/mol. The first-order valence-electron chi connectivity index (χ1n) is 17.8. The van der Waals surface area contributed by atoms with Crippen molar-refractivity contribution in [3.05, 3.63) is 95.3 Å². The first-order chi connectivity index (χ1) is 24.6. The summed E-state index contributed by atoms with van der Waals surface area (Å²) in [6.07, 6.45) is 6.36. The first kappa shape index (κ1) is 33.6. The van der Waals surface area contributed by atoms with Crippen molar-refractivity contribution in [3.8, 4) is 22.4 Å². The summed E-state index contributed by atoms with van der Waals surface area (Å²) < 4.78 is 34.9. The zero-order valence-corrected chi connectivity index (χ0v) is 30.5. The van der Waals surface area contributed by atoms with E-state index in [1.807, 2.05) is 26.1 Å². The van der Waals surface area contributed by atoms with Crippen molar-refractivity contribution in [1.29, 1.82) is 0 Å². The number of ether oxygens (including phenoxy) is 1. The van der Waals surface area contributed by atoms with Crippen molar-refractivity contribution in [1.82, 2.24) is 23.7 Å². The quantitative estimate of drug-likeness (QED) is 0.210. The summed E-state index contributed by atoms with van der Waals surface area (Å²) in [5.41, 5.74) is 9.16. The lowest BCUT2D eigenvalue weighted by atomic mass is 9.89. The lowest BCUT2D eigenvalue weighted by molar-refractivity contribution is 0.0766. The second-order valence-electron chi connectivity index (χ2n) is 14.5. The van der Waals surface area contributed by atoms with Gasteiger partial charge in [0.1, 0.15) is 5.52 Å². The van der Waals surface area contributed by atoms with Gasteiger partial charge in [0.2, 0.25) is 0 Å². The van der Waals surface area contributed by atoms with Crippen LogP contribution in [-0.4, -0.2) is 97.6 Å². The smallest absolute Gasteiger partial charge is 0.269 e. The van der Waals surface area contributed by atoms with Crippen LogP contribution in [0.5, 0.6) is 0 Å².